The summed E-state index contributed by atoms with van der Waals surface area (Å²) in [6.45, 7) is 8.69. The van der Waals surface area contributed by atoms with E-state index >= 15 is 0 Å². The molecule has 0 aromatic carbocycles. The fraction of sp³-hybridized carbons (Fsp3) is 0.625. The molecule has 0 saturated heterocycles. The highest BCUT2D eigenvalue weighted by molar-refractivity contribution is 5.80. The van der Waals surface area contributed by atoms with E-state index < -0.39 is 0 Å². The van der Waals surface area contributed by atoms with E-state index in [1.807, 2.05) is 12.1 Å². The molecule has 22 heavy (non-hydrogen) atoms. The molecule has 0 bridgehead atoms. The van der Waals surface area contributed by atoms with Gasteiger partial charge < -0.3 is 20.1 Å². The number of guanidine groups is 1. The van der Waals surface area contributed by atoms with Gasteiger partial charge in [0, 0.05) is 31.5 Å². The van der Waals surface area contributed by atoms with E-state index in [1.165, 1.54) is 0 Å². The Labute approximate surface area is 133 Å². The van der Waals surface area contributed by atoms with Crippen molar-refractivity contribution >= 4 is 5.96 Å². The summed E-state index contributed by atoms with van der Waals surface area (Å²) in [5, 5.41) is 6.61. The van der Waals surface area contributed by atoms with E-state index in [2.05, 4.69) is 41.4 Å². The highest BCUT2D eigenvalue weighted by atomic mass is 16.5. The van der Waals surface area contributed by atoms with Crippen molar-refractivity contribution in [2.75, 3.05) is 26.9 Å². The first kappa shape index (κ1) is 18.2. The molecule has 0 amide bonds. The van der Waals surface area contributed by atoms with Crippen LogP contribution in [-0.4, -0.2) is 43.9 Å². The molecule has 0 spiro atoms. The summed E-state index contributed by atoms with van der Waals surface area (Å²) in [7, 11) is 1.65. The van der Waals surface area contributed by atoms with Crippen LogP contribution in [0.4, 0.5) is 0 Å². The Morgan fingerprint density at radius 1 is 1.36 bits per heavy atom. The van der Waals surface area contributed by atoms with Crippen LogP contribution in [0.1, 0.15) is 32.8 Å². The Kier molecular flexibility index (Phi) is 8.98. The maximum Gasteiger partial charge on any atom is 0.218 e. The first-order valence-electron chi connectivity index (χ1n) is 7.81. The zero-order chi connectivity index (χ0) is 16.2. The van der Waals surface area contributed by atoms with Crippen LogP contribution in [0.3, 0.4) is 0 Å². The summed E-state index contributed by atoms with van der Waals surface area (Å²) in [6, 6.07) is 4.25. The van der Waals surface area contributed by atoms with Crippen LogP contribution >= 0.6 is 0 Å². The third-order valence-electron chi connectivity index (χ3n) is 3.12. The van der Waals surface area contributed by atoms with Crippen molar-refractivity contribution in [1.82, 2.24) is 15.6 Å². The molecular formula is C16H28N4O2. The SMILES string of the molecule is CCNC(=NCc1cccnc1OCCOC)NC(C)CC. The minimum atomic E-state index is 0.379. The number of aromatic nitrogens is 1. The van der Waals surface area contributed by atoms with Crippen molar-refractivity contribution in [2.24, 2.45) is 4.99 Å². The predicted octanol–water partition coefficient (Wildman–Crippen LogP) is 1.96. The lowest BCUT2D eigenvalue weighted by Gasteiger charge is -2.16. The second-order valence-corrected chi connectivity index (χ2v) is 4.96. The number of nitrogens with one attached hydrogen (secondary N) is 2. The summed E-state index contributed by atoms with van der Waals surface area (Å²) >= 11 is 0. The molecule has 1 unspecified atom stereocenters. The standard InChI is InChI=1S/C16H28N4O2/c1-5-13(3)20-16(17-6-2)19-12-14-8-7-9-18-15(14)22-11-10-21-4/h7-9,13H,5-6,10-12H2,1-4H3,(H2,17,19,20). The Morgan fingerprint density at radius 2 is 2.18 bits per heavy atom. The smallest absolute Gasteiger partial charge is 0.218 e. The van der Waals surface area contributed by atoms with Crippen LogP contribution in [0.15, 0.2) is 23.3 Å². The van der Waals surface area contributed by atoms with Gasteiger partial charge in [0.2, 0.25) is 5.88 Å². The molecule has 0 fully saturated rings. The monoisotopic (exact) mass is 308 g/mol. The van der Waals surface area contributed by atoms with Gasteiger partial charge in [0.25, 0.3) is 0 Å². The molecule has 1 atom stereocenters. The second-order valence-electron chi connectivity index (χ2n) is 4.96. The average Bonchev–Trinajstić information content (AvgIpc) is 2.54. The van der Waals surface area contributed by atoms with Crippen molar-refractivity contribution in [2.45, 2.75) is 39.8 Å². The Morgan fingerprint density at radius 3 is 2.86 bits per heavy atom. The lowest BCUT2D eigenvalue weighted by molar-refractivity contribution is 0.143. The van der Waals surface area contributed by atoms with Gasteiger partial charge in [0.1, 0.15) is 6.61 Å². The number of ether oxygens (including phenoxy) is 2. The van der Waals surface area contributed by atoms with Crippen LogP contribution in [-0.2, 0) is 11.3 Å². The number of nitrogens with zero attached hydrogens (tertiary/aromatic N) is 2. The normalized spacial score (nSPS) is 12.8. The highest BCUT2D eigenvalue weighted by Gasteiger charge is 2.06. The number of hydrogen-bond donors (Lipinski definition) is 2. The van der Waals surface area contributed by atoms with E-state index in [9.17, 15) is 0 Å². The molecule has 1 rings (SSSR count). The maximum absolute atomic E-state index is 5.63. The van der Waals surface area contributed by atoms with Crippen molar-refractivity contribution in [3.05, 3.63) is 23.9 Å². The molecule has 1 heterocycles. The van der Waals surface area contributed by atoms with Crippen molar-refractivity contribution in [3.63, 3.8) is 0 Å². The first-order valence-corrected chi connectivity index (χ1v) is 7.81. The van der Waals surface area contributed by atoms with Gasteiger partial charge in [-0.1, -0.05) is 13.0 Å². The third kappa shape index (κ3) is 6.76. The van der Waals surface area contributed by atoms with Gasteiger partial charge in [-0.15, -0.1) is 0 Å². The molecule has 0 aliphatic carbocycles. The van der Waals surface area contributed by atoms with Gasteiger partial charge in [-0.3, -0.25) is 0 Å². The summed E-state index contributed by atoms with van der Waals surface area (Å²) in [5.74, 6) is 1.42. The lowest BCUT2D eigenvalue weighted by Crippen LogP contribution is -2.41. The average molecular weight is 308 g/mol. The zero-order valence-corrected chi connectivity index (χ0v) is 14.1. The van der Waals surface area contributed by atoms with Gasteiger partial charge in [-0.2, -0.15) is 0 Å². The van der Waals surface area contributed by atoms with Gasteiger partial charge in [-0.25, -0.2) is 9.98 Å². The van der Waals surface area contributed by atoms with Crippen LogP contribution in [0.5, 0.6) is 5.88 Å². The van der Waals surface area contributed by atoms with E-state index in [0.29, 0.717) is 31.7 Å². The fourth-order valence-electron chi connectivity index (χ4n) is 1.72. The molecule has 0 aliphatic rings. The number of aliphatic imine (C=N–C) groups is 1. The molecule has 2 N–H and O–H groups in total. The van der Waals surface area contributed by atoms with E-state index in [-0.39, 0.29) is 0 Å². The molecular weight excluding hydrogens is 280 g/mol. The number of pyridine rings is 1. The summed E-state index contributed by atoms with van der Waals surface area (Å²) in [5.41, 5.74) is 0.958. The molecule has 6 heteroatoms. The second kappa shape index (κ2) is 10.8. The summed E-state index contributed by atoms with van der Waals surface area (Å²) in [4.78, 5) is 8.87. The molecule has 124 valence electrons. The molecule has 6 nitrogen and oxygen atoms in total. The lowest BCUT2D eigenvalue weighted by atomic mass is 10.2. The Balaban J connectivity index is 2.71. The molecule has 1 aromatic heterocycles. The van der Waals surface area contributed by atoms with Crippen molar-refractivity contribution in [1.29, 1.82) is 0 Å². The zero-order valence-electron chi connectivity index (χ0n) is 14.1. The number of hydrogen-bond acceptors (Lipinski definition) is 4. The van der Waals surface area contributed by atoms with E-state index in [4.69, 9.17) is 9.47 Å². The van der Waals surface area contributed by atoms with Crippen LogP contribution in [0.25, 0.3) is 0 Å². The number of rotatable bonds is 9. The molecule has 0 radical (unpaired) electrons. The Bertz CT molecular complexity index is 452. The van der Waals surface area contributed by atoms with Crippen LogP contribution in [0.2, 0.25) is 0 Å². The van der Waals surface area contributed by atoms with Crippen LogP contribution in [0, 0.1) is 0 Å². The molecule has 0 aliphatic heterocycles. The maximum atomic E-state index is 5.63. The topological polar surface area (TPSA) is 67.8 Å². The van der Waals surface area contributed by atoms with Gasteiger partial charge in [-0.05, 0) is 26.3 Å². The third-order valence-corrected chi connectivity index (χ3v) is 3.12. The minimum Gasteiger partial charge on any atom is -0.475 e. The largest absolute Gasteiger partial charge is 0.475 e. The quantitative estimate of drug-likeness (QED) is 0.415. The summed E-state index contributed by atoms with van der Waals surface area (Å²) < 4.78 is 10.6. The minimum absolute atomic E-state index is 0.379. The Hall–Kier alpha value is -1.82. The van der Waals surface area contributed by atoms with Gasteiger partial charge >= 0.3 is 0 Å². The molecule has 1 aromatic rings. The van der Waals surface area contributed by atoms with E-state index in [1.54, 1.807) is 13.3 Å². The predicted molar refractivity (Wildman–Crippen MR) is 89.3 cm³/mol. The van der Waals surface area contributed by atoms with E-state index in [0.717, 1.165) is 24.5 Å². The van der Waals surface area contributed by atoms with Gasteiger partial charge in [0.15, 0.2) is 5.96 Å². The van der Waals surface area contributed by atoms with Crippen molar-refractivity contribution < 1.29 is 9.47 Å². The molecule has 0 saturated carbocycles. The van der Waals surface area contributed by atoms with Crippen LogP contribution < -0.4 is 15.4 Å². The summed E-state index contributed by atoms with van der Waals surface area (Å²) in [6.07, 6.45) is 2.76. The fourth-order valence-corrected chi connectivity index (χ4v) is 1.72. The van der Waals surface area contributed by atoms with Crippen molar-refractivity contribution in [3.8, 4) is 5.88 Å². The first-order chi connectivity index (χ1) is 10.7. The number of methoxy groups -OCH3 is 1. The highest BCUT2D eigenvalue weighted by Crippen LogP contribution is 2.15. The van der Waals surface area contributed by atoms with Gasteiger partial charge in [0.05, 0.1) is 13.2 Å².